The molecule has 0 bridgehead atoms. The Morgan fingerprint density at radius 2 is 1.88 bits per heavy atom. The molecule has 136 valence electrons. The highest BCUT2D eigenvalue weighted by molar-refractivity contribution is 5.98. The van der Waals surface area contributed by atoms with Crippen LogP contribution in [0, 0.1) is 0 Å². The first-order chi connectivity index (χ1) is 11.7. The van der Waals surface area contributed by atoms with Crippen molar-refractivity contribution in [1.82, 2.24) is 10.2 Å². The van der Waals surface area contributed by atoms with Crippen LogP contribution in [0.15, 0.2) is 24.3 Å². The molecule has 0 aliphatic carbocycles. The standard InChI is InChI=1S/C18H24N2O5/c1-12(16(22)20-10-9-19-17(20)23)25-15(21)11-24-14-7-5-13(6-8-14)18(2,3)4/h5-8,12H,9-11H2,1-4H3,(H,19,23). The molecule has 1 saturated heterocycles. The van der Waals surface area contributed by atoms with Crippen molar-refractivity contribution < 1.29 is 23.9 Å². The Morgan fingerprint density at radius 1 is 1.24 bits per heavy atom. The van der Waals surface area contributed by atoms with Crippen LogP contribution in [0.25, 0.3) is 0 Å². The van der Waals surface area contributed by atoms with E-state index in [1.165, 1.54) is 6.92 Å². The molecule has 0 spiro atoms. The molecule has 1 unspecified atom stereocenters. The predicted molar refractivity (Wildman–Crippen MR) is 91.3 cm³/mol. The van der Waals surface area contributed by atoms with Gasteiger partial charge in [-0.15, -0.1) is 0 Å². The fourth-order valence-corrected chi connectivity index (χ4v) is 2.38. The van der Waals surface area contributed by atoms with Crippen molar-refractivity contribution in [2.75, 3.05) is 19.7 Å². The van der Waals surface area contributed by atoms with E-state index < -0.39 is 24.0 Å². The summed E-state index contributed by atoms with van der Waals surface area (Å²) in [5.41, 5.74) is 1.19. The van der Waals surface area contributed by atoms with Crippen molar-refractivity contribution in [3.05, 3.63) is 29.8 Å². The summed E-state index contributed by atoms with van der Waals surface area (Å²) in [6.07, 6.45) is -1.04. The third-order valence-electron chi connectivity index (χ3n) is 3.86. The molecule has 1 N–H and O–H groups in total. The minimum Gasteiger partial charge on any atom is -0.482 e. The van der Waals surface area contributed by atoms with E-state index in [0.717, 1.165) is 10.5 Å². The molecule has 1 aliphatic heterocycles. The molecular formula is C18H24N2O5. The minimum atomic E-state index is -1.04. The van der Waals surface area contributed by atoms with Crippen LogP contribution >= 0.6 is 0 Å². The molecule has 0 radical (unpaired) electrons. The molecule has 1 heterocycles. The van der Waals surface area contributed by atoms with Crippen molar-refractivity contribution >= 4 is 17.9 Å². The first-order valence-corrected chi connectivity index (χ1v) is 8.20. The van der Waals surface area contributed by atoms with E-state index in [9.17, 15) is 14.4 Å². The van der Waals surface area contributed by atoms with Crippen molar-refractivity contribution in [3.8, 4) is 5.75 Å². The summed E-state index contributed by atoms with van der Waals surface area (Å²) in [5, 5.41) is 2.52. The zero-order valence-electron chi connectivity index (χ0n) is 15.0. The smallest absolute Gasteiger partial charge is 0.344 e. The number of amides is 3. The number of rotatable bonds is 5. The van der Waals surface area contributed by atoms with Crippen molar-refractivity contribution in [3.63, 3.8) is 0 Å². The predicted octanol–water partition coefficient (Wildman–Crippen LogP) is 1.85. The molecule has 1 aromatic rings. The van der Waals surface area contributed by atoms with Crippen molar-refractivity contribution in [2.24, 2.45) is 0 Å². The molecule has 1 atom stereocenters. The summed E-state index contributed by atoms with van der Waals surface area (Å²) in [5.74, 6) is -0.666. The number of imide groups is 1. The second-order valence-electron chi connectivity index (χ2n) is 6.92. The summed E-state index contributed by atoms with van der Waals surface area (Å²) in [7, 11) is 0. The Kier molecular flexibility index (Phi) is 5.66. The number of carbonyl (C=O) groups is 3. The Balaban J connectivity index is 1.82. The first kappa shape index (κ1) is 18.8. The molecule has 25 heavy (non-hydrogen) atoms. The van der Waals surface area contributed by atoms with Gasteiger partial charge in [-0.3, -0.25) is 9.69 Å². The van der Waals surface area contributed by atoms with Gasteiger partial charge in [0.05, 0.1) is 0 Å². The van der Waals surface area contributed by atoms with Gasteiger partial charge in [0.1, 0.15) is 5.75 Å². The normalized spacial score (nSPS) is 15.5. The van der Waals surface area contributed by atoms with Crippen molar-refractivity contribution in [1.29, 1.82) is 0 Å². The number of nitrogens with zero attached hydrogens (tertiary/aromatic N) is 1. The van der Waals surface area contributed by atoms with Gasteiger partial charge in [0, 0.05) is 13.1 Å². The molecule has 1 aromatic carbocycles. The van der Waals surface area contributed by atoms with Crippen molar-refractivity contribution in [2.45, 2.75) is 39.2 Å². The van der Waals surface area contributed by atoms with Crippen LogP contribution in [0.4, 0.5) is 4.79 Å². The van der Waals surface area contributed by atoms with Gasteiger partial charge in [-0.1, -0.05) is 32.9 Å². The van der Waals surface area contributed by atoms with Gasteiger partial charge in [0.25, 0.3) is 5.91 Å². The van der Waals surface area contributed by atoms with Gasteiger partial charge >= 0.3 is 12.0 Å². The average molecular weight is 348 g/mol. The van der Waals surface area contributed by atoms with E-state index in [1.807, 2.05) is 12.1 Å². The third kappa shape index (κ3) is 4.95. The Morgan fingerprint density at radius 3 is 2.40 bits per heavy atom. The molecular weight excluding hydrogens is 324 g/mol. The molecule has 1 fully saturated rings. The maximum absolute atomic E-state index is 12.0. The fraction of sp³-hybridized carbons (Fsp3) is 0.500. The molecule has 3 amide bonds. The van der Waals surface area contributed by atoms with Crippen LogP contribution in [-0.2, 0) is 19.7 Å². The largest absolute Gasteiger partial charge is 0.482 e. The Bertz CT molecular complexity index is 648. The van der Waals surface area contributed by atoms with E-state index in [0.29, 0.717) is 12.3 Å². The average Bonchev–Trinajstić information content (AvgIpc) is 2.97. The highest BCUT2D eigenvalue weighted by Crippen LogP contribution is 2.24. The van der Waals surface area contributed by atoms with Gasteiger partial charge in [-0.25, -0.2) is 9.59 Å². The maximum atomic E-state index is 12.0. The lowest BCUT2D eigenvalue weighted by atomic mass is 9.87. The molecule has 1 aliphatic rings. The molecule has 2 rings (SSSR count). The van der Waals surface area contributed by atoms with E-state index >= 15 is 0 Å². The summed E-state index contributed by atoms with van der Waals surface area (Å²) < 4.78 is 10.4. The highest BCUT2D eigenvalue weighted by Gasteiger charge is 2.31. The van der Waals surface area contributed by atoms with E-state index in [4.69, 9.17) is 9.47 Å². The number of esters is 1. The van der Waals surface area contributed by atoms with Crippen LogP contribution in [0.1, 0.15) is 33.3 Å². The maximum Gasteiger partial charge on any atom is 0.344 e. The summed E-state index contributed by atoms with van der Waals surface area (Å²) in [6, 6.07) is 6.99. The zero-order chi connectivity index (χ0) is 18.6. The lowest BCUT2D eigenvalue weighted by Crippen LogP contribution is -2.42. The SMILES string of the molecule is CC(OC(=O)COc1ccc(C(C)(C)C)cc1)C(=O)N1CCNC1=O. The number of benzene rings is 1. The second kappa shape index (κ2) is 7.55. The number of urea groups is 1. The van der Waals surface area contributed by atoms with E-state index in [-0.39, 0.29) is 18.6 Å². The third-order valence-corrected chi connectivity index (χ3v) is 3.86. The van der Waals surface area contributed by atoms with Crippen LogP contribution in [0.5, 0.6) is 5.75 Å². The van der Waals surface area contributed by atoms with Crippen LogP contribution in [0.3, 0.4) is 0 Å². The number of nitrogens with one attached hydrogen (secondary N) is 1. The van der Waals surface area contributed by atoms with Crippen LogP contribution in [0.2, 0.25) is 0 Å². The van der Waals surface area contributed by atoms with E-state index in [2.05, 4.69) is 26.1 Å². The summed E-state index contributed by atoms with van der Waals surface area (Å²) >= 11 is 0. The van der Waals surface area contributed by atoms with Gasteiger partial charge in [-0.2, -0.15) is 0 Å². The quantitative estimate of drug-likeness (QED) is 0.821. The fourth-order valence-electron chi connectivity index (χ4n) is 2.38. The number of hydrogen-bond donors (Lipinski definition) is 1. The van der Waals surface area contributed by atoms with Gasteiger partial charge in [0.2, 0.25) is 0 Å². The molecule has 0 aromatic heterocycles. The lowest BCUT2D eigenvalue weighted by Gasteiger charge is -2.19. The minimum absolute atomic E-state index is 0.0368. The molecule has 7 nitrogen and oxygen atoms in total. The van der Waals surface area contributed by atoms with Crippen LogP contribution < -0.4 is 10.1 Å². The number of ether oxygens (including phenoxy) is 2. The number of carbonyl (C=O) groups excluding carboxylic acids is 3. The van der Waals surface area contributed by atoms with E-state index in [1.54, 1.807) is 12.1 Å². The first-order valence-electron chi connectivity index (χ1n) is 8.20. The monoisotopic (exact) mass is 348 g/mol. The summed E-state index contributed by atoms with van der Waals surface area (Å²) in [4.78, 5) is 36.4. The van der Waals surface area contributed by atoms with Gasteiger partial charge in [-0.05, 0) is 30.0 Å². The van der Waals surface area contributed by atoms with Gasteiger partial charge in [0.15, 0.2) is 12.7 Å². The van der Waals surface area contributed by atoms with Crippen LogP contribution in [-0.4, -0.2) is 48.6 Å². The highest BCUT2D eigenvalue weighted by atomic mass is 16.6. The Labute approximate surface area is 147 Å². The Hall–Kier alpha value is -2.57. The molecule has 7 heteroatoms. The topological polar surface area (TPSA) is 84.9 Å². The molecule has 0 saturated carbocycles. The zero-order valence-corrected chi connectivity index (χ0v) is 15.0. The van der Waals surface area contributed by atoms with Gasteiger partial charge < -0.3 is 14.8 Å². The summed E-state index contributed by atoms with van der Waals surface area (Å²) in [6.45, 7) is 8.13. The second-order valence-corrected chi connectivity index (χ2v) is 6.92. The number of hydrogen-bond acceptors (Lipinski definition) is 5. The lowest BCUT2D eigenvalue weighted by molar-refractivity contribution is -0.159.